The van der Waals surface area contributed by atoms with Crippen LogP contribution in [0.25, 0.3) is 0 Å². The van der Waals surface area contributed by atoms with Crippen LogP contribution in [0.1, 0.15) is 11.1 Å². The molecule has 26 heavy (non-hydrogen) atoms. The topological polar surface area (TPSA) is 61.8 Å². The molecule has 142 valence electrons. The van der Waals surface area contributed by atoms with Gasteiger partial charge in [-0.1, -0.05) is 60.7 Å². The van der Waals surface area contributed by atoms with E-state index in [-0.39, 0.29) is 13.2 Å². The second-order valence-corrected chi connectivity index (χ2v) is 8.04. The molecule has 0 aliphatic carbocycles. The Kier molecular flexibility index (Phi) is 7.55. The van der Waals surface area contributed by atoms with Crippen molar-refractivity contribution in [2.24, 2.45) is 0 Å². The highest BCUT2D eigenvalue weighted by Crippen LogP contribution is 2.42. The normalized spacial score (nSPS) is 12.5. The van der Waals surface area contributed by atoms with Crippen molar-refractivity contribution in [2.75, 3.05) is 6.35 Å². The van der Waals surface area contributed by atoms with Crippen LogP contribution in [0.3, 0.4) is 0 Å². The number of halogens is 3. The summed E-state index contributed by atoms with van der Waals surface area (Å²) in [5.74, 6) is 0. The SMILES string of the molecule is O=S(=O)(OCP(OCc1ccccc1)OCc1ccccc1)C(F)(F)F. The summed E-state index contributed by atoms with van der Waals surface area (Å²) in [6.07, 6.45) is -0.850. The molecule has 10 heteroatoms. The van der Waals surface area contributed by atoms with E-state index in [0.29, 0.717) is 0 Å². The highest BCUT2D eigenvalue weighted by Gasteiger charge is 2.47. The third-order valence-electron chi connectivity index (χ3n) is 3.03. The van der Waals surface area contributed by atoms with Crippen LogP contribution < -0.4 is 0 Å². The number of hydrogen-bond donors (Lipinski definition) is 0. The van der Waals surface area contributed by atoms with Gasteiger partial charge in [0.2, 0.25) is 8.38 Å². The third kappa shape index (κ3) is 6.66. The number of benzene rings is 2. The molecule has 0 bridgehead atoms. The van der Waals surface area contributed by atoms with Crippen molar-refractivity contribution in [3.05, 3.63) is 71.8 Å². The maximum Gasteiger partial charge on any atom is 0.523 e. The summed E-state index contributed by atoms with van der Waals surface area (Å²) in [5.41, 5.74) is -3.96. The molecule has 2 aromatic carbocycles. The van der Waals surface area contributed by atoms with Crippen molar-refractivity contribution in [1.82, 2.24) is 0 Å². The summed E-state index contributed by atoms with van der Waals surface area (Å²) in [7, 11) is -7.72. The van der Waals surface area contributed by atoms with Gasteiger partial charge in [-0.15, -0.1) is 0 Å². The Morgan fingerprint density at radius 2 is 1.23 bits per heavy atom. The first-order valence-corrected chi connectivity index (χ1v) is 10.1. The van der Waals surface area contributed by atoms with Gasteiger partial charge in [0.15, 0.2) is 0 Å². The van der Waals surface area contributed by atoms with Gasteiger partial charge in [0.25, 0.3) is 0 Å². The monoisotopic (exact) mass is 408 g/mol. The average Bonchev–Trinajstić information content (AvgIpc) is 2.62. The average molecular weight is 408 g/mol. The molecule has 0 unspecified atom stereocenters. The maximum atomic E-state index is 12.4. The summed E-state index contributed by atoms with van der Waals surface area (Å²) in [5, 5.41) is 0. The van der Waals surface area contributed by atoms with Gasteiger partial charge in [0.05, 0.1) is 13.2 Å². The lowest BCUT2D eigenvalue weighted by molar-refractivity contribution is -0.0533. The fourth-order valence-electron chi connectivity index (χ4n) is 1.73. The van der Waals surface area contributed by atoms with E-state index in [4.69, 9.17) is 9.05 Å². The lowest BCUT2D eigenvalue weighted by Crippen LogP contribution is -2.25. The Morgan fingerprint density at radius 1 is 0.808 bits per heavy atom. The van der Waals surface area contributed by atoms with Crippen molar-refractivity contribution in [3.8, 4) is 0 Å². The smallest absolute Gasteiger partial charge is 0.328 e. The zero-order valence-electron chi connectivity index (χ0n) is 13.4. The van der Waals surface area contributed by atoms with E-state index < -0.39 is 30.3 Å². The molecule has 0 aliphatic heterocycles. The lowest BCUT2D eigenvalue weighted by atomic mass is 10.2. The zero-order valence-corrected chi connectivity index (χ0v) is 15.1. The molecule has 0 saturated heterocycles. The zero-order chi connectivity index (χ0) is 19.0. The van der Waals surface area contributed by atoms with E-state index in [9.17, 15) is 21.6 Å². The molecule has 0 aliphatic rings. The predicted molar refractivity (Wildman–Crippen MR) is 90.3 cm³/mol. The van der Waals surface area contributed by atoms with Crippen LogP contribution in [0, 0.1) is 0 Å². The molecular formula is C16H16F3O5PS. The first-order valence-electron chi connectivity index (χ1n) is 7.35. The molecule has 2 rings (SSSR count). The van der Waals surface area contributed by atoms with Gasteiger partial charge in [0.1, 0.15) is 6.35 Å². The molecule has 0 heterocycles. The Balaban J connectivity index is 1.98. The summed E-state index contributed by atoms with van der Waals surface area (Å²) in [6.45, 7) is 0.105. The van der Waals surface area contributed by atoms with Gasteiger partial charge >= 0.3 is 15.6 Å². The van der Waals surface area contributed by atoms with Crippen LogP contribution >= 0.6 is 8.38 Å². The molecule has 2 aromatic rings. The molecule has 0 radical (unpaired) electrons. The summed E-state index contributed by atoms with van der Waals surface area (Å²) >= 11 is 0. The van der Waals surface area contributed by atoms with Crippen LogP contribution in [0.2, 0.25) is 0 Å². The van der Waals surface area contributed by atoms with Crippen LogP contribution in [0.4, 0.5) is 13.2 Å². The van der Waals surface area contributed by atoms with Crippen molar-refractivity contribution >= 4 is 18.5 Å². The molecule has 0 amide bonds. The Labute approximate surface area is 150 Å². The van der Waals surface area contributed by atoms with Crippen molar-refractivity contribution < 1.29 is 34.8 Å². The van der Waals surface area contributed by atoms with Crippen molar-refractivity contribution in [3.63, 3.8) is 0 Å². The quantitative estimate of drug-likeness (QED) is 0.346. The standard InChI is InChI=1S/C16H16F3O5PS/c17-16(18,19)26(20,21)24-13-25(22-11-14-7-3-1-4-8-14)23-12-15-9-5-2-6-10-15/h1-10H,11-13H2. The van der Waals surface area contributed by atoms with E-state index in [1.54, 1.807) is 60.7 Å². The lowest BCUT2D eigenvalue weighted by Gasteiger charge is -2.18. The van der Waals surface area contributed by atoms with Crippen LogP contribution in [0.15, 0.2) is 60.7 Å². The molecule has 0 spiro atoms. The maximum absolute atomic E-state index is 12.4. The fraction of sp³-hybridized carbons (Fsp3) is 0.250. The summed E-state index contributed by atoms with van der Waals surface area (Å²) in [6, 6.07) is 17.8. The second kappa shape index (κ2) is 9.43. The van der Waals surface area contributed by atoms with E-state index in [1.165, 1.54) is 0 Å². The first-order chi connectivity index (χ1) is 12.3. The molecule has 5 nitrogen and oxygen atoms in total. The van der Waals surface area contributed by atoms with Gasteiger partial charge in [-0.2, -0.15) is 21.6 Å². The van der Waals surface area contributed by atoms with Gasteiger partial charge in [-0.05, 0) is 11.1 Å². The van der Waals surface area contributed by atoms with Gasteiger partial charge in [-0.25, -0.2) is 0 Å². The van der Waals surface area contributed by atoms with Gasteiger partial charge < -0.3 is 9.05 Å². The van der Waals surface area contributed by atoms with Crippen molar-refractivity contribution in [1.29, 1.82) is 0 Å². The van der Waals surface area contributed by atoms with E-state index >= 15 is 0 Å². The molecule has 0 N–H and O–H groups in total. The van der Waals surface area contributed by atoms with Gasteiger partial charge in [-0.3, -0.25) is 4.18 Å². The summed E-state index contributed by atoms with van der Waals surface area (Å²) < 4.78 is 74.3. The molecular weight excluding hydrogens is 392 g/mol. The number of rotatable bonds is 9. The predicted octanol–water partition coefficient (Wildman–Crippen LogP) is 4.56. The molecule has 0 atom stereocenters. The minimum absolute atomic E-state index is 0.0523. The minimum atomic E-state index is -5.70. The Morgan fingerprint density at radius 3 is 1.62 bits per heavy atom. The molecule has 0 aromatic heterocycles. The Hall–Kier alpha value is -1.51. The number of hydrogen-bond acceptors (Lipinski definition) is 5. The minimum Gasteiger partial charge on any atom is -0.328 e. The highest BCUT2D eigenvalue weighted by atomic mass is 32.2. The third-order valence-corrected chi connectivity index (χ3v) is 5.38. The van der Waals surface area contributed by atoms with E-state index in [2.05, 4.69) is 4.18 Å². The van der Waals surface area contributed by atoms with Crippen LogP contribution in [-0.2, 0) is 36.6 Å². The van der Waals surface area contributed by atoms with Crippen molar-refractivity contribution in [2.45, 2.75) is 18.7 Å². The van der Waals surface area contributed by atoms with E-state index in [1.807, 2.05) is 0 Å². The van der Waals surface area contributed by atoms with Gasteiger partial charge in [0, 0.05) is 0 Å². The molecule has 0 saturated carbocycles. The first kappa shape index (κ1) is 20.8. The molecule has 0 fully saturated rings. The number of alkyl halides is 3. The largest absolute Gasteiger partial charge is 0.523 e. The van der Waals surface area contributed by atoms with E-state index in [0.717, 1.165) is 11.1 Å². The highest BCUT2D eigenvalue weighted by molar-refractivity contribution is 7.87. The fourth-order valence-corrected chi connectivity index (χ4v) is 3.58. The Bertz CT molecular complexity index is 726. The van der Waals surface area contributed by atoms with Crippen LogP contribution in [-0.4, -0.2) is 20.3 Å². The second-order valence-electron chi connectivity index (χ2n) is 5.00. The van der Waals surface area contributed by atoms with Crippen LogP contribution in [0.5, 0.6) is 0 Å². The summed E-state index contributed by atoms with van der Waals surface area (Å²) in [4.78, 5) is 0.